The van der Waals surface area contributed by atoms with E-state index >= 15 is 0 Å². The molecule has 0 unspecified atom stereocenters. The lowest BCUT2D eigenvalue weighted by Gasteiger charge is -2.20. The van der Waals surface area contributed by atoms with Gasteiger partial charge in [0.2, 0.25) is 0 Å². The summed E-state index contributed by atoms with van der Waals surface area (Å²) < 4.78 is 1.80. The second-order valence-corrected chi connectivity index (χ2v) is 6.26. The van der Waals surface area contributed by atoms with Crippen molar-refractivity contribution in [3.05, 3.63) is 47.3 Å². The van der Waals surface area contributed by atoms with Gasteiger partial charge in [-0.2, -0.15) is 5.10 Å². The predicted octanol–water partition coefficient (Wildman–Crippen LogP) is 1.95. The minimum atomic E-state index is -1.33. The van der Waals surface area contributed by atoms with Crippen LogP contribution in [0.25, 0.3) is 5.69 Å². The van der Waals surface area contributed by atoms with Gasteiger partial charge in [-0.3, -0.25) is 4.79 Å². The topological polar surface area (TPSA) is 84.2 Å². The van der Waals surface area contributed by atoms with Crippen molar-refractivity contribution in [2.75, 3.05) is 0 Å². The minimum absolute atomic E-state index is 0.329. The molecule has 0 aliphatic heterocycles. The average Bonchev–Trinajstić information content (AvgIpc) is 3.09. The van der Waals surface area contributed by atoms with E-state index in [4.69, 9.17) is 0 Å². The zero-order chi connectivity index (χ0) is 16.6. The van der Waals surface area contributed by atoms with E-state index in [0.717, 1.165) is 36.2 Å². The molecule has 6 heteroatoms. The van der Waals surface area contributed by atoms with Gasteiger partial charge in [-0.25, -0.2) is 9.48 Å². The Hall–Kier alpha value is -2.63. The van der Waals surface area contributed by atoms with E-state index in [1.807, 2.05) is 30.3 Å². The molecule has 1 heterocycles. The number of benzene rings is 1. The monoisotopic (exact) mass is 313 g/mol. The van der Waals surface area contributed by atoms with Crippen molar-refractivity contribution < 1.29 is 14.7 Å². The predicted molar refractivity (Wildman–Crippen MR) is 84.8 cm³/mol. The first kappa shape index (κ1) is 15.3. The molecule has 23 heavy (non-hydrogen) atoms. The number of nitrogens with zero attached hydrogens (tertiary/aromatic N) is 2. The number of carbonyl (C=O) groups is 2. The number of amides is 1. The molecule has 3 rings (SSSR count). The molecule has 0 saturated heterocycles. The first-order valence-corrected chi connectivity index (χ1v) is 7.62. The van der Waals surface area contributed by atoms with E-state index in [-0.39, 0.29) is 0 Å². The van der Waals surface area contributed by atoms with Gasteiger partial charge in [0.25, 0.3) is 5.91 Å². The minimum Gasteiger partial charge on any atom is -0.480 e. The van der Waals surface area contributed by atoms with Gasteiger partial charge in [-0.15, -0.1) is 0 Å². The van der Waals surface area contributed by atoms with Crippen molar-refractivity contribution >= 4 is 11.9 Å². The van der Waals surface area contributed by atoms with Crippen molar-refractivity contribution in [2.45, 2.75) is 38.6 Å². The Balaban J connectivity index is 1.99. The lowest BCUT2D eigenvalue weighted by atomic mass is 10.1. The lowest BCUT2D eigenvalue weighted by molar-refractivity contribution is -0.143. The summed E-state index contributed by atoms with van der Waals surface area (Å²) in [7, 11) is 0. The summed E-state index contributed by atoms with van der Waals surface area (Å²) >= 11 is 0. The third-order valence-electron chi connectivity index (χ3n) is 4.11. The van der Waals surface area contributed by atoms with Crippen LogP contribution in [0.15, 0.2) is 30.3 Å². The Morgan fingerprint density at radius 1 is 1.22 bits per heavy atom. The van der Waals surface area contributed by atoms with Crippen LogP contribution in [0.3, 0.4) is 0 Å². The molecule has 6 nitrogen and oxygen atoms in total. The first-order chi connectivity index (χ1) is 10.9. The zero-order valence-electron chi connectivity index (χ0n) is 13.2. The molecule has 0 saturated carbocycles. The number of carboxylic acid groups (broad SMARTS) is 1. The zero-order valence-corrected chi connectivity index (χ0v) is 13.2. The van der Waals surface area contributed by atoms with Gasteiger partial charge in [-0.1, -0.05) is 18.2 Å². The number of aliphatic carboxylic acids is 1. The maximum Gasteiger partial charge on any atom is 0.328 e. The van der Waals surface area contributed by atoms with E-state index < -0.39 is 17.4 Å². The number of aromatic nitrogens is 2. The number of nitrogens with one attached hydrogen (secondary N) is 1. The summed E-state index contributed by atoms with van der Waals surface area (Å²) in [4.78, 5) is 23.7. The van der Waals surface area contributed by atoms with Gasteiger partial charge in [0, 0.05) is 11.3 Å². The summed E-state index contributed by atoms with van der Waals surface area (Å²) in [5.41, 5.74) is 1.86. The van der Waals surface area contributed by atoms with Crippen molar-refractivity contribution in [2.24, 2.45) is 0 Å². The van der Waals surface area contributed by atoms with Crippen LogP contribution in [0, 0.1) is 0 Å². The molecular weight excluding hydrogens is 294 g/mol. The molecule has 1 aromatic carbocycles. The normalized spacial score (nSPS) is 13.7. The molecule has 0 bridgehead atoms. The second-order valence-electron chi connectivity index (χ2n) is 6.26. The summed E-state index contributed by atoms with van der Waals surface area (Å²) in [5.74, 6) is -1.52. The molecule has 1 amide bonds. The summed E-state index contributed by atoms with van der Waals surface area (Å²) in [5, 5.41) is 16.2. The SMILES string of the molecule is CC(C)(NC(=O)c1nn(-c2ccccc2)c2c1CCC2)C(=O)O. The number of hydrogen-bond donors (Lipinski definition) is 2. The molecule has 1 aliphatic carbocycles. The highest BCUT2D eigenvalue weighted by Gasteiger charge is 2.33. The summed E-state index contributed by atoms with van der Waals surface area (Å²) in [6, 6.07) is 9.65. The Kier molecular flexibility index (Phi) is 3.67. The number of carboxylic acids is 1. The fraction of sp³-hybridized carbons (Fsp3) is 0.353. The Morgan fingerprint density at radius 3 is 2.57 bits per heavy atom. The van der Waals surface area contributed by atoms with Crippen LogP contribution in [0.2, 0.25) is 0 Å². The number of para-hydroxylation sites is 1. The van der Waals surface area contributed by atoms with Crippen molar-refractivity contribution in [1.82, 2.24) is 15.1 Å². The van der Waals surface area contributed by atoms with Crippen LogP contribution in [-0.2, 0) is 17.6 Å². The lowest BCUT2D eigenvalue weighted by Crippen LogP contribution is -2.49. The van der Waals surface area contributed by atoms with Crippen LogP contribution in [-0.4, -0.2) is 32.3 Å². The fourth-order valence-electron chi connectivity index (χ4n) is 2.80. The maximum absolute atomic E-state index is 12.5. The van der Waals surface area contributed by atoms with Gasteiger partial charge in [0.05, 0.1) is 5.69 Å². The van der Waals surface area contributed by atoms with Gasteiger partial charge < -0.3 is 10.4 Å². The van der Waals surface area contributed by atoms with Crippen LogP contribution in [0.1, 0.15) is 42.0 Å². The molecule has 2 N–H and O–H groups in total. The quantitative estimate of drug-likeness (QED) is 0.903. The molecule has 1 aromatic heterocycles. The highest BCUT2D eigenvalue weighted by molar-refractivity contribution is 5.97. The van der Waals surface area contributed by atoms with E-state index in [9.17, 15) is 14.7 Å². The molecular formula is C17H19N3O3. The second kappa shape index (κ2) is 5.53. The molecule has 0 atom stereocenters. The van der Waals surface area contributed by atoms with Crippen LogP contribution in [0.4, 0.5) is 0 Å². The van der Waals surface area contributed by atoms with Crippen molar-refractivity contribution in [1.29, 1.82) is 0 Å². The van der Waals surface area contributed by atoms with Crippen LogP contribution in [0.5, 0.6) is 0 Å². The standard InChI is InChI=1S/C17H19N3O3/c1-17(2,16(22)23)18-15(21)14-12-9-6-10-13(12)20(19-14)11-7-4-3-5-8-11/h3-5,7-8H,6,9-10H2,1-2H3,(H,18,21)(H,22,23). The fourth-order valence-corrected chi connectivity index (χ4v) is 2.80. The Labute approximate surface area is 134 Å². The molecule has 0 fully saturated rings. The van der Waals surface area contributed by atoms with E-state index in [0.29, 0.717) is 5.69 Å². The third-order valence-corrected chi connectivity index (χ3v) is 4.11. The van der Waals surface area contributed by atoms with E-state index in [2.05, 4.69) is 10.4 Å². The molecule has 0 spiro atoms. The highest BCUT2D eigenvalue weighted by Crippen LogP contribution is 2.28. The smallest absolute Gasteiger partial charge is 0.328 e. The van der Waals surface area contributed by atoms with E-state index in [1.165, 1.54) is 13.8 Å². The van der Waals surface area contributed by atoms with Crippen LogP contribution < -0.4 is 5.32 Å². The molecule has 2 aromatic rings. The molecule has 1 aliphatic rings. The highest BCUT2D eigenvalue weighted by atomic mass is 16.4. The largest absolute Gasteiger partial charge is 0.480 e. The first-order valence-electron chi connectivity index (χ1n) is 7.62. The number of carbonyl (C=O) groups excluding carboxylic acids is 1. The number of rotatable bonds is 4. The van der Waals surface area contributed by atoms with Crippen molar-refractivity contribution in [3.8, 4) is 5.69 Å². The maximum atomic E-state index is 12.5. The van der Waals surface area contributed by atoms with Gasteiger partial charge in [0.15, 0.2) is 5.69 Å². The third kappa shape index (κ3) is 2.72. The van der Waals surface area contributed by atoms with Crippen LogP contribution >= 0.6 is 0 Å². The van der Waals surface area contributed by atoms with Gasteiger partial charge >= 0.3 is 5.97 Å². The average molecular weight is 313 g/mol. The molecule has 0 radical (unpaired) electrons. The van der Waals surface area contributed by atoms with Crippen molar-refractivity contribution in [3.63, 3.8) is 0 Å². The number of hydrogen-bond acceptors (Lipinski definition) is 3. The summed E-state index contributed by atoms with van der Waals surface area (Å²) in [6.07, 6.45) is 2.63. The van der Waals surface area contributed by atoms with Gasteiger partial charge in [0.1, 0.15) is 5.54 Å². The van der Waals surface area contributed by atoms with E-state index in [1.54, 1.807) is 4.68 Å². The Bertz CT molecular complexity index is 763. The number of fused-ring (bicyclic) bond motifs is 1. The summed E-state index contributed by atoms with van der Waals surface area (Å²) in [6.45, 7) is 2.92. The Morgan fingerprint density at radius 2 is 1.91 bits per heavy atom. The molecule has 120 valence electrons. The van der Waals surface area contributed by atoms with Gasteiger partial charge in [-0.05, 0) is 45.2 Å².